The summed E-state index contributed by atoms with van der Waals surface area (Å²) in [6.45, 7) is 4.23. The number of rotatable bonds is 8. The van der Waals surface area contributed by atoms with Gasteiger partial charge < -0.3 is 15.8 Å². The van der Waals surface area contributed by atoms with Gasteiger partial charge in [0.25, 0.3) is 0 Å². The number of carbonyl (C=O) groups is 2. The van der Waals surface area contributed by atoms with E-state index in [0.717, 1.165) is 12.0 Å². The second kappa shape index (κ2) is 11.0. The van der Waals surface area contributed by atoms with Gasteiger partial charge in [-0.15, -0.1) is 12.4 Å². The van der Waals surface area contributed by atoms with Crippen LogP contribution in [0.4, 0.5) is 0 Å². The molecule has 1 amide bonds. The summed E-state index contributed by atoms with van der Waals surface area (Å²) in [5.41, 5.74) is 6.58. The van der Waals surface area contributed by atoms with Crippen molar-refractivity contribution >= 4 is 24.3 Å². The standard InChI is InChI=1S/C16H24N2O3.ClH/c1-3-8-14(17)15(19)18-11-13(16(20)21-4-2)12-9-6-5-7-10-12;/h5-7,9-10,13-14H,3-4,8,11,17H2,1-2H3,(H,18,19);1H. The number of hydrogen-bond donors (Lipinski definition) is 2. The third-order valence-electron chi connectivity index (χ3n) is 3.19. The van der Waals surface area contributed by atoms with Gasteiger partial charge in [-0.2, -0.15) is 0 Å². The molecule has 1 aromatic carbocycles. The molecule has 0 spiro atoms. The van der Waals surface area contributed by atoms with Gasteiger partial charge in [0.05, 0.1) is 18.6 Å². The average molecular weight is 329 g/mol. The Morgan fingerprint density at radius 2 is 1.86 bits per heavy atom. The molecule has 0 radical (unpaired) electrons. The molecule has 0 saturated heterocycles. The van der Waals surface area contributed by atoms with E-state index in [1.165, 1.54) is 0 Å². The molecule has 22 heavy (non-hydrogen) atoms. The quantitative estimate of drug-likeness (QED) is 0.715. The van der Waals surface area contributed by atoms with Crippen LogP contribution in [0.5, 0.6) is 0 Å². The van der Waals surface area contributed by atoms with Crippen molar-refractivity contribution < 1.29 is 14.3 Å². The van der Waals surface area contributed by atoms with Gasteiger partial charge in [-0.1, -0.05) is 43.7 Å². The van der Waals surface area contributed by atoms with E-state index in [9.17, 15) is 9.59 Å². The summed E-state index contributed by atoms with van der Waals surface area (Å²) in [5.74, 6) is -1.08. The Morgan fingerprint density at radius 1 is 1.23 bits per heavy atom. The topological polar surface area (TPSA) is 81.4 Å². The van der Waals surface area contributed by atoms with Crippen LogP contribution in [0.25, 0.3) is 0 Å². The zero-order valence-electron chi connectivity index (χ0n) is 13.1. The van der Waals surface area contributed by atoms with E-state index in [2.05, 4.69) is 5.32 Å². The van der Waals surface area contributed by atoms with Gasteiger partial charge in [-0.3, -0.25) is 9.59 Å². The van der Waals surface area contributed by atoms with Crippen molar-refractivity contribution in [3.63, 3.8) is 0 Å². The number of nitrogens with two attached hydrogens (primary N) is 1. The number of hydrogen-bond acceptors (Lipinski definition) is 4. The molecule has 6 heteroatoms. The van der Waals surface area contributed by atoms with Crippen molar-refractivity contribution in [1.29, 1.82) is 0 Å². The molecule has 2 atom stereocenters. The molecule has 5 nitrogen and oxygen atoms in total. The van der Waals surface area contributed by atoms with Gasteiger partial charge in [-0.25, -0.2) is 0 Å². The summed E-state index contributed by atoms with van der Waals surface area (Å²) in [4.78, 5) is 23.9. The summed E-state index contributed by atoms with van der Waals surface area (Å²) in [6.07, 6.45) is 1.47. The van der Waals surface area contributed by atoms with Gasteiger partial charge in [-0.05, 0) is 18.9 Å². The van der Waals surface area contributed by atoms with Gasteiger partial charge in [0.15, 0.2) is 0 Å². The van der Waals surface area contributed by atoms with Crippen molar-refractivity contribution in [2.75, 3.05) is 13.2 Å². The minimum Gasteiger partial charge on any atom is -0.465 e. The number of halogens is 1. The number of benzene rings is 1. The highest BCUT2D eigenvalue weighted by atomic mass is 35.5. The SMILES string of the molecule is CCCC(N)C(=O)NCC(C(=O)OCC)c1ccccc1.Cl. The maximum absolute atomic E-state index is 12.0. The highest BCUT2D eigenvalue weighted by Gasteiger charge is 2.23. The zero-order valence-corrected chi connectivity index (χ0v) is 13.9. The maximum Gasteiger partial charge on any atom is 0.315 e. The van der Waals surface area contributed by atoms with E-state index >= 15 is 0 Å². The number of nitrogens with one attached hydrogen (secondary N) is 1. The first kappa shape index (κ1) is 20.4. The summed E-state index contributed by atoms with van der Waals surface area (Å²) in [6, 6.07) is 8.74. The van der Waals surface area contributed by atoms with Crippen molar-refractivity contribution in [2.45, 2.75) is 38.6 Å². The summed E-state index contributed by atoms with van der Waals surface area (Å²) in [5, 5.41) is 2.74. The minimum atomic E-state index is -0.534. The fraction of sp³-hybridized carbons (Fsp3) is 0.500. The highest BCUT2D eigenvalue weighted by Crippen LogP contribution is 2.16. The second-order valence-corrected chi connectivity index (χ2v) is 4.86. The molecule has 0 aliphatic carbocycles. The lowest BCUT2D eigenvalue weighted by Crippen LogP contribution is -2.43. The third-order valence-corrected chi connectivity index (χ3v) is 3.19. The smallest absolute Gasteiger partial charge is 0.315 e. The maximum atomic E-state index is 12.0. The molecule has 0 bridgehead atoms. The van der Waals surface area contributed by atoms with Crippen LogP contribution in [0.2, 0.25) is 0 Å². The Balaban J connectivity index is 0.00000441. The van der Waals surface area contributed by atoms with E-state index in [4.69, 9.17) is 10.5 Å². The fourth-order valence-corrected chi connectivity index (χ4v) is 2.04. The number of amides is 1. The monoisotopic (exact) mass is 328 g/mol. The van der Waals surface area contributed by atoms with Crippen LogP contribution >= 0.6 is 12.4 Å². The molecule has 0 heterocycles. The van der Waals surface area contributed by atoms with Gasteiger partial charge in [0.2, 0.25) is 5.91 Å². The third kappa shape index (κ3) is 6.45. The van der Waals surface area contributed by atoms with Crippen molar-refractivity contribution in [1.82, 2.24) is 5.32 Å². The number of carbonyl (C=O) groups excluding carboxylic acids is 2. The van der Waals surface area contributed by atoms with E-state index < -0.39 is 12.0 Å². The summed E-state index contributed by atoms with van der Waals surface area (Å²) in [7, 11) is 0. The minimum absolute atomic E-state index is 0. The Bertz CT molecular complexity index is 454. The Kier molecular flexibility index (Phi) is 10.2. The van der Waals surface area contributed by atoms with E-state index in [0.29, 0.717) is 13.0 Å². The molecule has 1 aromatic rings. The summed E-state index contributed by atoms with van der Waals surface area (Å²) < 4.78 is 5.08. The molecule has 0 saturated carbocycles. The molecule has 0 aliphatic heterocycles. The zero-order chi connectivity index (χ0) is 15.7. The molecule has 0 aliphatic rings. The first-order valence-electron chi connectivity index (χ1n) is 7.35. The van der Waals surface area contributed by atoms with Crippen LogP contribution < -0.4 is 11.1 Å². The van der Waals surface area contributed by atoms with Crippen LogP contribution in [0.3, 0.4) is 0 Å². The lowest BCUT2D eigenvalue weighted by atomic mass is 9.99. The van der Waals surface area contributed by atoms with Crippen LogP contribution in [-0.2, 0) is 14.3 Å². The van der Waals surface area contributed by atoms with Crippen LogP contribution in [0.15, 0.2) is 30.3 Å². The lowest BCUT2D eigenvalue weighted by molar-refractivity contribution is -0.144. The molecule has 124 valence electrons. The van der Waals surface area contributed by atoms with Gasteiger partial charge in [0, 0.05) is 6.54 Å². The second-order valence-electron chi connectivity index (χ2n) is 4.86. The first-order valence-corrected chi connectivity index (χ1v) is 7.35. The van der Waals surface area contributed by atoms with Gasteiger partial charge in [0.1, 0.15) is 0 Å². The molecule has 0 aromatic heterocycles. The van der Waals surface area contributed by atoms with Crippen LogP contribution in [0, 0.1) is 0 Å². The Hall–Kier alpha value is -1.59. The number of ether oxygens (including phenoxy) is 1. The lowest BCUT2D eigenvalue weighted by Gasteiger charge is -2.18. The molecule has 3 N–H and O–H groups in total. The predicted molar refractivity (Wildman–Crippen MR) is 89.0 cm³/mol. The van der Waals surface area contributed by atoms with Crippen molar-refractivity contribution in [2.24, 2.45) is 5.73 Å². The van der Waals surface area contributed by atoms with Gasteiger partial charge >= 0.3 is 5.97 Å². The van der Waals surface area contributed by atoms with E-state index in [-0.39, 0.29) is 30.8 Å². The Labute approximate surface area is 138 Å². The molecular formula is C16H25ClN2O3. The van der Waals surface area contributed by atoms with Crippen LogP contribution in [0.1, 0.15) is 38.2 Å². The highest BCUT2D eigenvalue weighted by molar-refractivity contribution is 5.85. The first-order chi connectivity index (χ1) is 10.1. The number of esters is 1. The fourth-order valence-electron chi connectivity index (χ4n) is 2.04. The molecule has 1 rings (SSSR count). The normalized spacial score (nSPS) is 12.7. The summed E-state index contributed by atoms with van der Waals surface area (Å²) >= 11 is 0. The molecular weight excluding hydrogens is 304 g/mol. The Morgan fingerprint density at radius 3 is 2.41 bits per heavy atom. The van der Waals surface area contributed by atoms with Crippen molar-refractivity contribution in [3.8, 4) is 0 Å². The predicted octanol–water partition coefficient (Wildman–Crippen LogP) is 2.00. The van der Waals surface area contributed by atoms with E-state index in [1.807, 2.05) is 37.3 Å². The van der Waals surface area contributed by atoms with Crippen molar-refractivity contribution in [3.05, 3.63) is 35.9 Å². The molecule has 0 fully saturated rings. The van der Waals surface area contributed by atoms with Crippen LogP contribution in [-0.4, -0.2) is 31.1 Å². The molecule has 2 unspecified atom stereocenters. The average Bonchev–Trinajstić information content (AvgIpc) is 2.49. The van der Waals surface area contributed by atoms with E-state index in [1.54, 1.807) is 6.92 Å². The largest absolute Gasteiger partial charge is 0.465 e.